The second-order valence-electron chi connectivity index (χ2n) is 19.2. The Morgan fingerprint density at radius 2 is 0.600 bits per heavy atom. The van der Waals surface area contributed by atoms with Crippen molar-refractivity contribution in [2.75, 3.05) is 13.2 Å². The molecule has 0 heterocycles. The summed E-state index contributed by atoms with van der Waals surface area (Å²) in [4.78, 5) is 38.1. The van der Waals surface area contributed by atoms with E-state index in [1.165, 1.54) is 122 Å². The summed E-state index contributed by atoms with van der Waals surface area (Å²) in [6.07, 6.45) is 77.0. The molecule has 0 aromatic heterocycles. The van der Waals surface area contributed by atoms with Crippen molar-refractivity contribution in [1.82, 2.24) is 0 Å². The van der Waals surface area contributed by atoms with Gasteiger partial charge in [0.2, 0.25) is 0 Å². The van der Waals surface area contributed by atoms with Gasteiger partial charge >= 0.3 is 17.9 Å². The van der Waals surface area contributed by atoms with Crippen molar-refractivity contribution in [1.29, 1.82) is 0 Å². The van der Waals surface area contributed by atoms with Crippen molar-refractivity contribution < 1.29 is 28.6 Å². The summed E-state index contributed by atoms with van der Waals surface area (Å²) >= 11 is 0. The molecule has 0 radical (unpaired) electrons. The molecule has 1 atom stereocenters. The number of carbonyl (C=O) groups excluding carboxylic acids is 3. The molecule has 400 valence electrons. The predicted molar refractivity (Wildman–Crippen MR) is 302 cm³/mol. The number of rotatable bonds is 52. The molecule has 70 heavy (non-hydrogen) atoms. The van der Waals surface area contributed by atoms with Crippen LogP contribution in [-0.4, -0.2) is 37.2 Å². The van der Waals surface area contributed by atoms with Gasteiger partial charge < -0.3 is 14.2 Å². The lowest BCUT2D eigenvalue weighted by molar-refractivity contribution is -0.166. The third-order valence-electron chi connectivity index (χ3n) is 12.3. The zero-order valence-corrected chi connectivity index (χ0v) is 45.8. The first-order valence-electron chi connectivity index (χ1n) is 29.2. The molecule has 0 bridgehead atoms. The van der Waals surface area contributed by atoms with E-state index in [1.807, 2.05) is 6.08 Å². The summed E-state index contributed by atoms with van der Waals surface area (Å²) in [6.45, 7) is 6.43. The molecule has 0 aliphatic heterocycles. The fourth-order valence-corrected chi connectivity index (χ4v) is 7.96. The SMILES string of the molecule is CC/C=C\C/C=C\C/C=C\C/C=C\C/C=C\C/C=C\CCC(=O)OCC(COC(=O)CCCCCCC/C=C\C/C=C\CCCC)OC(=O)CCCCCCCCCCCCCCCCCCCCC. The highest BCUT2D eigenvalue weighted by atomic mass is 16.6. The van der Waals surface area contributed by atoms with E-state index in [0.29, 0.717) is 19.3 Å². The van der Waals surface area contributed by atoms with Gasteiger partial charge in [0.25, 0.3) is 0 Å². The lowest BCUT2D eigenvalue weighted by Crippen LogP contribution is -2.30. The second-order valence-corrected chi connectivity index (χ2v) is 19.2. The number of hydrogen-bond acceptors (Lipinski definition) is 6. The highest BCUT2D eigenvalue weighted by Gasteiger charge is 2.19. The molecule has 0 amide bonds. The smallest absolute Gasteiger partial charge is 0.306 e. The van der Waals surface area contributed by atoms with E-state index >= 15 is 0 Å². The fraction of sp³-hybridized carbons (Fsp3) is 0.703. The Labute approximate surface area is 432 Å². The second kappa shape index (κ2) is 57.9. The van der Waals surface area contributed by atoms with Crippen LogP contribution < -0.4 is 0 Å². The van der Waals surface area contributed by atoms with Crippen LogP contribution in [0, 0.1) is 0 Å². The van der Waals surface area contributed by atoms with E-state index in [9.17, 15) is 14.4 Å². The Kier molecular flexibility index (Phi) is 54.9. The van der Waals surface area contributed by atoms with Gasteiger partial charge in [0.1, 0.15) is 13.2 Å². The van der Waals surface area contributed by atoms with Gasteiger partial charge in [-0.2, -0.15) is 0 Å². The van der Waals surface area contributed by atoms with Crippen molar-refractivity contribution >= 4 is 17.9 Å². The highest BCUT2D eigenvalue weighted by Crippen LogP contribution is 2.16. The van der Waals surface area contributed by atoms with E-state index in [2.05, 4.69) is 112 Å². The summed E-state index contributed by atoms with van der Waals surface area (Å²) in [7, 11) is 0. The van der Waals surface area contributed by atoms with Crippen LogP contribution in [0.15, 0.2) is 97.2 Å². The first kappa shape index (κ1) is 66.3. The molecule has 0 saturated heterocycles. The van der Waals surface area contributed by atoms with Crippen molar-refractivity contribution in [3.63, 3.8) is 0 Å². The molecule has 1 unspecified atom stereocenters. The molecule has 0 fully saturated rings. The van der Waals surface area contributed by atoms with Gasteiger partial charge in [0.15, 0.2) is 6.10 Å². The number of ether oxygens (including phenoxy) is 3. The van der Waals surface area contributed by atoms with E-state index < -0.39 is 6.10 Å². The molecule has 0 aliphatic rings. The molecule has 6 heteroatoms. The van der Waals surface area contributed by atoms with Gasteiger partial charge in [0.05, 0.1) is 0 Å². The maximum atomic E-state index is 12.9. The first-order valence-corrected chi connectivity index (χ1v) is 29.2. The Hall–Kier alpha value is -3.67. The number of esters is 3. The van der Waals surface area contributed by atoms with E-state index in [0.717, 1.165) is 103 Å². The summed E-state index contributed by atoms with van der Waals surface area (Å²) < 4.78 is 16.8. The van der Waals surface area contributed by atoms with Gasteiger partial charge in [-0.25, -0.2) is 0 Å². The monoisotopic (exact) mass is 973 g/mol. The molecule has 0 rings (SSSR count). The molecular formula is C64H108O6. The number of hydrogen-bond donors (Lipinski definition) is 0. The van der Waals surface area contributed by atoms with E-state index in [1.54, 1.807) is 0 Å². The standard InChI is InChI=1S/C64H108O6/c1-4-7-10-13-16-19-22-25-28-30-32-34-36-39-42-45-48-51-54-57-63(66)69-60-61(59-68-62(65)56-53-50-47-44-41-38-27-24-21-18-15-12-9-6-3)70-64(67)58-55-52-49-46-43-40-37-35-33-31-29-26-23-20-17-14-11-8-5-2/h7,10,15-16,18-19,24-25,27-28,32,34,39,42,48,51,61H,4-6,8-9,11-14,17,20-23,26,29-31,33,35-38,40-41,43-47,49-50,52-60H2,1-3H3/b10-7-,18-15-,19-16-,27-24-,28-25-,34-32-,42-39-,51-48-. The summed E-state index contributed by atoms with van der Waals surface area (Å²) in [5, 5.41) is 0. The Bertz CT molecular complexity index is 1400. The molecule has 0 N–H and O–H groups in total. The predicted octanol–water partition coefficient (Wildman–Crippen LogP) is 19.7. The van der Waals surface area contributed by atoms with Gasteiger partial charge in [-0.05, 0) is 83.5 Å². The van der Waals surface area contributed by atoms with Crippen LogP contribution in [0.1, 0.15) is 271 Å². The summed E-state index contributed by atoms with van der Waals surface area (Å²) in [5.41, 5.74) is 0. The molecule has 0 aliphatic carbocycles. The molecule has 0 spiro atoms. The molecular weight excluding hydrogens is 865 g/mol. The first-order chi connectivity index (χ1) is 34.5. The Balaban J connectivity index is 4.48. The third-order valence-corrected chi connectivity index (χ3v) is 12.3. The molecule has 6 nitrogen and oxygen atoms in total. The summed E-state index contributed by atoms with van der Waals surface area (Å²) in [6, 6.07) is 0. The van der Waals surface area contributed by atoms with Gasteiger partial charge in [-0.1, -0.05) is 266 Å². The zero-order chi connectivity index (χ0) is 50.7. The molecule has 0 saturated carbocycles. The average molecular weight is 974 g/mol. The average Bonchev–Trinajstić information content (AvgIpc) is 3.36. The van der Waals surface area contributed by atoms with Gasteiger partial charge in [-0.15, -0.1) is 0 Å². The normalized spacial score (nSPS) is 12.8. The van der Waals surface area contributed by atoms with Crippen LogP contribution in [0.25, 0.3) is 0 Å². The lowest BCUT2D eigenvalue weighted by Gasteiger charge is -2.18. The van der Waals surface area contributed by atoms with Gasteiger partial charge in [0, 0.05) is 19.3 Å². The minimum Gasteiger partial charge on any atom is -0.462 e. The van der Waals surface area contributed by atoms with Crippen molar-refractivity contribution in [3.8, 4) is 0 Å². The van der Waals surface area contributed by atoms with Crippen LogP contribution in [0.5, 0.6) is 0 Å². The minimum atomic E-state index is -0.813. The number of carbonyl (C=O) groups is 3. The molecule has 0 aromatic carbocycles. The van der Waals surface area contributed by atoms with Crippen molar-refractivity contribution in [2.45, 2.75) is 277 Å². The summed E-state index contributed by atoms with van der Waals surface area (Å²) in [5.74, 6) is -1.00. The quantitative estimate of drug-likeness (QED) is 0.0262. The van der Waals surface area contributed by atoms with E-state index in [4.69, 9.17) is 14.2 Å². The lowest BCUT2D eigenvalue weighted by atomic mass is 10.0. The van der Waals surface area contributed by atoms with Crippen LogP contribution in [0.4, 0.5) is 0 Å². The van der Waals surface area contributed by atoms with Crippen LogP contribution in [0.2, 0.25) is 0 Å². The van der Waals surface area contributed by atoms with Crippen molar-refractivity contribution in [3.05, 3.63) is 97.2 Å². The maximum absolute atomic E-state index is 12.9. The number of unbranched alkanes of at least 4 members (excludes halogenated alkanes) is 25. The minimum absolute atomic E-state index is 0.107. The third kappa shape index (κ3) is 55.3. The molecule has 0 aromatic rings. The van der Waals surface area contributed by atoms with Gasteiger partial charge in [-0.3, -0.25) is 14.4 Å². The maximum Gasteiger partial charge on any atom is 0.306 e. The topological polar surface area (TPSA) is 78.9 Å². The Morgan fingerprint density at radius 3 is 1.00 bits per heavy atom. The van der Waals surface area contributed by atoms with E-state index in [-0.39, 0.29) is 37.5 Å². The van der Waals surface area contributed by atoms with Crippen LogP contribution in [0.3, 0.4) is 0 Å². The van der Waals surface area contributed by atoms with Crippen LogP contribution >= 0.6 is 0 Å². The largest absolute Gasteiger partial charge is 0.462 e. The Morgan fingerprint density at radius 1 is 0.300 bits per heavy atom. The van der Waals surface area contributed by atoms with Crippen molar-refractivity contribution in [2.24, 2.45) is 0 Å². The highest BCUT2D eigenvalue weighted by molar-refractivity contribution is 5.71. The zero-order valence-electron chi connectivity index (χ0n) is 45.8. The van der Waals surface area contributed by atoms with Crippen LogP contribution in [-0.2, 0) is 28.6 Å². The fourth-order valence-electron chi connectivity index (χ4n) is 7.96. The number of allylic oxidation sites excluding steroid dienone is 16.